The van der Waals surface area contributed by atoms with Crippen LogP contribution in [0.5, 0.6) is 17.2 Å². The number of para-hydroxylation sites is 4. The number of nitrogens with one attached hydrogen (secondary N) is 1. The summed E-state index contributed by atoms with van der Waals surface area (Å²) in [6.45, 7) is 4.17. The van der Waals surface area contributed by atoms with Crippen LogP contribution in [0.4, 0.5) is 5.69 Å². The Morgan fingerprint density at radius 2 is 1.42 bits per heavy atom. The van der Waals surface area contributed by atoms with Crippen molar-refractivity contribution in [2.45, 2.75) is 38.8 Å². The molecule has 43 heavy (non-hydrogen) atoms. The lowest BCUT2D eigenvalue weighted by molar-refractivity contribution is 0.466. The van der Waals surface area contributed by atoms with Crippen molar-refractivity contribution in [2.24, 2.45) is 0 Å². The minimum atomic E-state index is -0.661. The Bertz CT molecular complexity index is 1950. The molecular weight excluding hydrogens is 540 g/mol. The monoisotopic (exact) mass is 572 g/mol. The third kappa shape index (κ3) is 5.75. The van der Waals surface area contributed by atoms with Gasteiger partial charge in [0.05, 0.1) is 11.6 Å². The zero-order valence-electron chi connectivity index (χ0n) is 24.0. The third-order valence-electron chi connectivity index (χ3n) is 7.60. The van der Waals surface area contributed by atoms with Gasteiger partial charge in [-0.3, -0.25) is 4.79 Å². The largest absolute Gasteiger partial charge is 0.507 e. The Morgan fingerprint density at radius 1 is 0.791 bits per heavy atom. The highest BCUT2D eigenvalue weighted by Gasteiger charge is 2.26. The van der Waals surface area contributed by atoms with Gasteiger partial charge in [-0.1, -0.05) is 66.7 Å². The first-order chi connectivity index (χ1) is 20.9. The van der Waals surface area contributed by atoms with Gasteiger partial charge in [-0.25, -0.2) is 4.79 Å². The highest BCUT2D eigenvalue weighted by molar-refractivity contribution is 6.05. The molecule has 0 aliphatic carbocycles. The molecule has 2 atom stereocenters. The normalized spacial score (nSPS) is 16.0. The van der Waals surface area contributed by atoms with Crippen molar-refractivity contribution >= 4 is 27.6 Å². The standard InChI is InChI=1S/C15H11NO4.C12H10O.C9H11N/c1-7-5-8-3-2-4-9-13(8)16(7)15(19)12-10(17)6-11(18)20-14(9)12;1-3-7-11(8-4-1)13-12-9-5-2-6-10-12;1-7-6-8-4-2-3-5-9(8)10-7/h2-4,6-7,17H,5H2,1H3;1-10H;2-5,7,10H,6H2,1H3. The van der Waals surface area contributed by atoms with Gasteiger partial charge in [-0.15, -0.1) is 0 Å². The predicted octanol–water partition coefficient (Wildman–Crippen LogP) is 7.45. The summed E-state index contributed by atoms with van der Waals surface area (Å²) in [5, 5.41) is 14.1. The Balaban J connectivity index is 0.000000123. The highest BCUT2D eigenvalue weighted by Crippen LogP contribution is 2.35. The van der Waals surface area contributed by atoms with Gasteiger partial charge in [0.2, 0.25) is 0 Å². The van der Waals surface area contributed by atoms with Crippen LogP contribution < -0.4 is 21.2 Å². The summed E-state index contributed by atoms with van der Waals surface area (Å²) in [6, 6.07) is 35.2. The molecule has 2 N–H and O–H groups in total. The first-order valence-corrected chi connectivity index (χ1v) is 14.3. The van der Waals surface area contributed by atoms with Crippen LogP contribution in [-0.4, -0.2) is 15.7 Å². The van der Waals surface area contributed by atoms with E-state index >= 15 is 0 Å². The maximum atomic E-state index is 12.6. The van der Waals surface area contributed by atoms with Gasteiger partial charge in [0, 0.05) is 23.2 Å². The van der Waals surface area contributed by atoms with Crippen molar-refractivity contribution < 1.29 is 14.3 Å². The Morgan fingerprint density at radius 3 is 2.09 bits per heavy atom. The molecule has 2 aromatic heterocycles. The summed E-state index contributed by atoms with van der Waals surface area (Å²) in [6.07, 6.45) is 1.93. The van der Waals surface area contributed by atoms with Crippen LogP contribution in [0.1, 0.15) is 31.0 Å². The van der Waals surface area contributed by atoms with E-state index in [4.69, 9.17) is 9.15 Å². The second-order valence-corrected chi connectivity index (χ2v) is 10.8. The summed E-state index contributed by atoms with van der Waals surface area (Å²) >= 11 is 0. The molecule has 7 heteroatoms. The van der Waals surface area contributed by atoms with Gasteiger partial charge in [0.1, 0.15) is 22.6 Å². The van der Waals surface area contributed by atoms with Crippen LogP contribution in [0.15, 0.2) is 123 Å². The first kappa shape index (κ1) is 27.8. The number of benzene rings is 4. The molecule has 2 unspecified atom stereocenters. The average molecular weight is 573 g/mol. The molecule has 6 aromatic rings. The number of fused-ring (bicyclic) bond motifs is 3. The molecular formula is C36H32N2O5. The fraction of sp³-hybridized carbons (Fsp3) is 0.167. The van der Waals surface area contributed by atoms with Crippen molar-refractivity contribution in [1.82, 2.24) is 4.57 Å². The second-order valence-electron chi connectivity index (χ2n) is 10.8. The lowest BCUT2D eigenvalue weighted by Gasteiger charge is -2.11. The van der Waals surface area contributed by atoms with E-state index in [-0.39, 0.29) is 28.3 Å². The molecule has 2 aliphatic heterocycles. The second kappa shape index (κ2) is 11.9. The summed E-state index contributed by atoms with van der Waals surface area (Å²) in [5.41, 5.74) is 3.82. The third-order valence-corrected chi connectivity index (χ3v) is 7.60. The molecule has 4 heterocycles. The van der Waals surface area contributed by atoms with E-state index in [1.54, 1.807) is 10.6 Å². The quantitative estimate of drug-likeness (QED) is 0.209. The zero-order chi connectivity index (χ0) is 29.9. The highest BCUT2D eigenvalue weighted by atomic mass is 16.5. The van der Waals surface area contributed by atoms with E-state index in [0.717, 1.165) is 35.1 Å². The average Bonchev–Trinajstić information content (AvgIpc) is 3.56. The molecule has 0 saturated heterocycles. The van der Waals surface area contributed by atoms with Gasteiger partial charge in [-0.05, 0) is 74.2 Å². The maximum absolute atomic E-state index is 12.6. The van der Waals surface area contributed by atoms with Crippen molar-refractivity contribution in [2.75, 3.05) is 5.32 Å². The van der Waals surface area contributed by atoms with Gasteiger partial charge in [-0.2, -0.15) is 0 Å². The molecule has 0 fully saturated rings. The van der Waals surface area contributed by atoms with Crippen LogP contribution in [0.2, 0.25) is 0 Å². The molecule has 8 rings (SSSR count). The van der Waals surface area contributed by atoms with Crippen molar-refractivity contribution in [3.63, 3.8) is 0 Å². The number of ether oxygens (including phenoxy) is 1. The number of pyridine rings is 1. The minimum absolute atomic E-state index is 0.0260. The van der Waals surface area contributed by atoms with Gasteiger partial charge in [0.15, 0.2) is 5.58 Å². The number of hydrogen-bond acceptors (Lipinski definition) is 6. The van der Waals surface area contributed by atoms with E-state index in [1.165, 1.54) is 17.7 Å². The van der Waals surface area contributed by atoms with Crippen molar-refractivity contribution in [3.8, 4) is 17.2 Å². The first-order valence-electron chi connectivity index (χ1n) is 14.3. The van der Waals surface area contributed by atoms with Crippen LogP contribution in [0.3, 0.4) is 0 Å². The molecule has 0 amide bonds. The van der Waals surface area contributed by atoms with Gasteiger partial charge in [0.25, 0.3) is 5.56 Å². The van der Waals surface area contributed by atoms with Gasteiger partial charge < -0.3 is 24.1 Å². The fourth-order valence-corrected chi connectivity index (χ4v) is 5.75. The van der Waals surface area contributed by atoms with Gasteiger partial charge >= 0.3 is 5.63 Å². The molecule has 216 valence electrons. The van der Waals surface area contributed by atoms with Crippen LogP contribution in [-0.2, 0) is 12.8 Å². The molecule has 0 saturated carbocycles. The summed E-state index contributed by atoms with van der Waals surface area (Å²) in [7, 11) is 0. The maximum Gasteiger partial charge on any atom is 0.339 e. The molecule has 0 radical (unpaired) electrons. The predicted molar refractivity (Wildman–Crippen MR) is 171 cm³/mol. The van der Waals surface area contributed by atoms with Crippen molar-refractivity contribution in [3.05, 3.63) is 141 Å². The number of anilines is 1. The molecule has 0 spiro atoms. The molecule has 4 aromatic carbocycles. The molecule has 0 bridgehead atoms. The smallest absolute Gasteiger partial charge is 0.339 e. The van der Waals surface area contributed by atoms with Crippen molar-refractivity contribution in [1.29, 1.82) is 0 Å². The lowest BCUT2D eigenvalue weighted by atomic mass is 10.1. The summed E-state index contributed by atoms with van der Waals surface area (Å²) in [5.74, 6) is 1.42. The summed E-state index contributed by atoms with van der Waals surface area (Å²) < 4.78 is 12.4. The van der Waals surface area contributed by atoms with E-state index in [9.17, 15) is 14.7 Å². The van der Waals surface area contributed by atoms with Crippen LogP contribution >= 0.6 is 0 Å². The van der Waals surface area contributed by atoms with E-state index in [2.05, 4.69) is 36.5 Å². The van der Waals surface area contributed by atoms with Crippen LogP contribution in [0.25, 0.3) is 21.9 Å². The number of nitrogens with zero attached hydrogens (tertiary/aromatic N) is 1. The number of aromatic nitrogens is 1. The Hall–Kier alpha value is -5.30. The summed E-state index contributed by atoms with van der Waals surface area (Å²) in [4.78, 5) is 24.1. The number of hydrogen-bond donors (Lipinski definition) is 2. The number of aromatic hydroxyl groups is 1. The SMILES string of the molecule is CC1Cc2cccc3c4oc(=O)cc(O)c4c(=O)n1c23.CC1Cc2ccccc2N1.c1ccc(Oc2ccccc2)cc1. The Kier molecular flexibility index (Phi) is 7.71. The van der Waals surface area contributed by atoms with E-state index in [1.807, 2.05) is 79.7 Å². The zero-order valence-corrected chi connectivity index (χ0v) is 24.0. The number of rotatable bonds is 2. The minimum Gasteiger partial charge on any atom is -0.507 e. The molecule has 7 nitrogen and oxygen atoms in total. The topological polar surface area (TPSA) is 93.7 Å². The van der Waals surface area contributed by atoms with E-state index < -0.39 is 5.63 Å². The lowest BCUT2D eigenvalue weighted by Crippen LogP contribution is -2.21. The fourth-order valence-electron chi connectivity index (χ4n) is 5.75. The van der Waals surface area contributed by atoms with E-state index in [0.29, 0.717) is 11.4 Å². The van der Waals surface area contributed by atoms with Crippen LogP contribution in [0, 0.1) is 0 Å². The Labute approximate surface area is 248 Å². The molecule has 2 aliphatic rings.